The average molecular weight is 279 g/mol. The SMILES string of the molecule is C=C(S)CCC(=C)Sc1ccc2c(c1)=N[NH+]([O-])N=2. The van der Waals surface area contributed by atoms with Gasteiger partial charge in [0.25, 0.3) is 0 Å². The van der Waals surface area contributed by atoms with Gasteiger partial charge in [0.05, 0.1) is 0 Å². The van der Waals surface area contributed by atoms with Crippen molar-refractivity contribution in [1.29, 1.82) is 0 Å². The molecule has 1 aliphatic rings. The standard InChI is InChI=1S/C12H13N3OS2/c1-8(17)3-4-9(2)18-10-5-6-11-12(7-10)14-15(16)13-11/h5-7,15,17H,1-4H2. The van der Waals surface area contributed by atoms with Crippen LogP contribution in [0.3, 0.4) is 0 Å². The number of hydrogen-bond donors (Lipinski definition) is 2. The number of benzene rings is 1. The van der Waals surface area contributed by atoms with Crippen LogP contribution in [-0.2, 0) is 0 Å². The molecule has 94 valence electrons. The summed E-state index contributed by atoms with van der Waals surface area (Å²) in [6, 6.07) is 5.58. The summed E-state index contributed by atoms with van der Waals surface area (Å²) in [5.41, 5.74) is 0. The monoisotopic (exact) mass is 279 g/mol. The molecule has 18 heavy (non-hydrogen) atoms. The van der Waals surface area contributed by atoms with Crippen LogP contribution in [0.2, 0.25) is 0 Å². The van der Waals surface area contributed by atoms with E-state index >= 15 is 0 Å². The minimum absolute atomic E-state index is 0.433. The summed E-state index contributed by atoms with van der Waals surface area (Å²) < 4.78 is 0. The molecule has 0 aromatic heterocycles. The summed E-state index contributed by atoms with van der Waals surface area (Å²) >= 11 is 5.72. The summed E-state index contributed by atoms with van der Waals surface area (Å²) in [4.78, 5) is 2.90. The Balaban J connectivity index is 2.06. The Labute approximate surface area is 115 Å². The highest BCUT2D eigenvalue weighted by Gasteiger charge is 2.06. The molecule has 1 heterocycles. The van der Waals surface area contributed by atoms with Gasteiger partial charge < -0.3 is 5.21 Å². The van der Waals surface area contributed by atoms with Crippen LogP contribution < -0.4 is 16.0 Å². The second kappa shape index (κ2) is 5.71. The fourth-order valence-corrected chi connectivity index (χ4v) is 2.44. The maximum Gasteiger partial charge on any atom is 0.154 e. The lowest BCUT2D eigenvalue weighted by Crippen LogP contribution is -2.96. The van der Waals surface area contributed by atoms with Crippen molar-refractivity contribution in [3.63, 3.8) is 0 Å². The van der Waals surface area contributed by atoms with Gasteiger partial charge in [-0.05, 0) is 40.9 Å². The molecule has 0 saturated carbocycles. The van der Waals surface area contributed by atoms with E-state index in [2.05, 4.69) is 36.0 Å². The highest BCUT2D eigenvalue weighted by atomic mass is 32.2. The number of thioether (sulfide) groups is 1. The van der Waals surface area contributed by atoms with Crippen molar-refractivity contribution >= 4 is 24.4 Å². The van der Waals surface area contributed by atoms with Crippen molar-refractivity contribution in [1.82, 2.24) is 0 Å². The lowest BCUT2D eigenvalue weighted by atomic mass is 10.3. The zero-order valence-corrected chi connectivity index (χ0v) is 11.4. The molecule has 1 aliphatic heterocycles. The second-order valence-electron chi connectivity index (χ2n) is 3.86. The third-order valence-electron chi connectivity index (χ3n) is 2.33. The molecular weight excluding hydrogens is 266 g/mol. The molecule has 1 atom stereocenters. The second-order valence-corrected chi connectivity index (χ2v) is 5.75. The Morgan fingerprint density at radius 3 is 2.72 bits per heavy atom. The Hall–Kier alpha value is -1.08. The van der Waals surface area contributed by atoms with Gasteiger partial charge in [-0.3, -0.25) is 0 Å². The number of nitrogens with zero attached hydrogens (tertiary/aromatic N) is 2. The molecule has 1 unspecified atom stereocenters. The topological polar surface area (TPSA) is 52.2 Å². The Kier molecular flexibility index (Phi) is 4.23. The molecule has 1 N–H and O–H groups in total. The highest BCUT2D eigenvalue weighted by molar-refractivity contribution is 8.03. The smallest absolute Gasteiger partial charge is 0.154 e. The summed E-state index contributed by atoms with van der Waals surface area (Å²) in [5, 5.41) is 19.5. The number of quaternary nitrogens is 1. The van der Waals surface area contributed by atoms with Crippen molar-refractivity contribution < 1.29 is 5.28 Å². The predicted molar refractivity (Wildman–Crippen MR) is 75.4 cm³/mol. The predicted octanol–water partition coefficient (Wildman–Crippen LogP) is 0.982. The Morgan fingerprint density at radius 1 is 1.28 bits per heavy atom. The molecule has 2 rings (SSSR count). The molecule has 0 fully saturated rings. The number of nitrogens with one attached hydrogen (secondary N) is 1. The van der Waals surface area contributed by atoms with Gasteiger partial charge in [0, 0.05) is 4.90 Å². The first-order valence-corrected chi connectivity index (χ1v) is 6.65. The molecule has 0 aliphatic carbocycles. The van der Waals surface area contributed by atoms with E-state index in [1.165, 1.54) is 0 Å². The molecule has 1 aromatic rings. The van der Waals surface area contributed by atoms with Crippen molar-refractivity contribution in [3.05, 3.63) is 57.1 Å². The van der Waals surface area contributed by atoms with Crippen molar-refractivity contribution in [2.75, 3.05) is 0 Å². The van der Waals surface area contributed by atoms with E-state index in [9.17, 15) is 5.21 Å². The fourth-order valence-electron chi connectivity index (χ4n) is 1.48. The molecule has 0 bridgehead atoms. The largest absolute Gasteiger partial charge is 0.579 e. The van der Waals surface area contributed by atoms with Gasteiger partial charge in [0.15, 0.2) is 10.7 Å². The molecular formula is C12H13N3OS2. The van der Waals surface area contributed by atoms with E-state index in [1.807, 2.05) is 12.1 Å². The van der Waals surface area contributed by atoms with Crippen LogP contribution in [0.15, 0.2) is 56.3 Å². The van der Waals surface area contributed by atoms with Crippen LogP contribution in [0.4, 0.5) is 0 Å². The third kappa shape index (κ3) is 3.46. The van der Waals surface area contributed by atoms with Crippen LogP contribution in [0.1, 0.15) is 12.8 Å². The van der Waals surface area contributed by atoms with Crippen molar-refractivity contribution in [3.8, 4) is 0 Å². The number of hydrogen-bond acceptors (Lipinski definition) is 5. The quantitative estimate of drug-likeness (QED) is 0.480. The minimum Gasteiger partial charge on any atom is -0.579 e. The van der Waals surface area contributed by atoms with Crippen LogP contribution >= 0.6 is 24.4 Å². The number of rotatable bonds is 5. The first-order chi connectivity index (χ1) is 8.54. The first kappa shape index (κ1) is 13.4. The summed E-state index contributed by atoms with van der Waals surface area (Å²) in [6.07, 6.45) is 1.66. The molecule has 0 spiro atoms. The zero-order valence-electron chi connectivity index (χ0n) is 9.72. The highest BCUT2D eigenvalue weighted by Crippen LogP contribution is 2.28. The Bertz CT molecular complexity index is 612. The van der Waals surface area contributed by atoms with Crippen molar-refractivity contribution in [2.45, 2.75) is 17.7 Å². The molecule has 4 nitrogen and oxygen atoms in total. The first-order valence-electron chi connectivity index (χ1n) is 5.38. The van der Waals surface area contributed by atoms with Crippen LogP contribution in [0.25, 0.3) is 0 Å². The normalized spacial score (nSPS) is 16.7. The third-order valence-corrected chi connectivity index (χ3v) is 3.54. The lowest BCUT2D eigenvalue weighted by Gasteiger charge is -2.04. The zero-order chi connectivity index (χ0) is 13.1. The van der Waals surface area contributed by atoms with E-state index in [-0.39, 0.29) is 0 Å². The van der Waals surface area contributed by atoms with Gasteiger partial charge in [0.1, 0.15) is 0 Å². The van der Waals surface area contributed by atoms with Crippen molar-refractivity contribution in [2.24, 2.45) is 10.2 Å². The Morgan fingerprint density at radius 2 is 2.00 bits per heavy atom. The van der Waals surface area contributed by atoms with Gasteiger partial charge >= 0.3 is 0 Å². The maximum atomic E-state index is 11.0. The molecule has 1 aromatic carbocycles. The summed E-state index contributed by atoms with van der Waals surface area (Å²) in [7, 11) is 0. The van der Waals surface area contributed by atoms with E-state index in [1.54, 1.807) is 17.8 Å². The molecule has 0 radical (unpaired) electrons. The van der Waals surface area contributed by atoms with Crippen LogP contribution in [-0.4, -0.2) is 0 Å². The minimum atomic E-state index is -0.433. The molecule has 0 amide bonds. The van der Waals surface area contributed by atoms with Gasteiger partial charge in [-0.1, -0.05) is 35.1 Å². The van der Waals surface area contributed by atoms with Gasteiger partial charge in [-0.25, -0.2) is 0 Å². The number of allylic oxidation sites excluding steroid dienone is 2. The number of fused-ring (bicyclic) bond motifs is 1. The summed E-state index contributed by atoms with van der Waals surface area (Å²) in [6.45, 7) is 7.74. The lowest BCUT2D eigenvalue weighted by molar-refractivity contribution is -0.864. The molecule has 6 heteroatoms. The molecule has 0 saturated heterocycles. The van der Waals surface area contributed by atoms with Crippen LogP contribution in [0.5, 0.6) is 0 Å². The van der Waals surface area contributed by atoms with E-state index in [4.69, 9.17) is 0 Å². The summed E-state index contributed by atoms with van der Waals surface area (Å²) in [5.74, 6) is 0. The number of thiol groups is 1. The van der Waals surface area contributed by atoms with Gasteiger partial charge in [0.2, 0.25) is 0 Å². The van der Waals surface area contributed by atoms with Gasteiger partial charge in [-0.15, -0.1) is 17.9 Å². The van der Waals surface area contributed by atoms with Crippen LogP contribution in [0, 0.1) is 5.21 Å². The van der Waals surface area contributed by atoms with Gasteiger partial charge in [-0.2, -0.15) is 0 Å². The maximum absolute atomic E-state index is 11.0. The van der Waals surface area contributed by atoms with E-state index in [0.717, 1.165) is 27.5 Å². The fraction of sp³-hybridized carbons (Fsp3) is 0.167. The van der Waals surface area contributed by atoms with E-state index < -0.39 is 5.28 Å². The average Bonchev–Trinajstić information content (AvgIpc) is 2.66. The van der Waals surface area contributed by atoms with E-state index in [0.29, 0.717) is 10.7 Å².